The molecule has 3 aromatic rings. The molecule has 0 aliphatic heterocycles. The predicted molar refractivity (Wildman–Crippen MR) is 110 cm³/mol. The predicted octanol–water partition coefficient (Wildman–Crippen LogP) is 4.91. The van der Waals surface area contributed by atoms with Crippen LogP contribution in [-0.4, -0.2) is 24.7 Å². The van der Waals surface area contributed by atoms with Gasteiger partial charge >= 0.3 is 11.2 Å². The number of rotatable bonds is 6. The molecule has 0 radical (unpaired) electrons. The van der Waals surface area contributed by atoms with Gasteiger partial charge in [0, 0.05) is 16.8 Å². The molecule has 5 nitrogen and oxygen atoms in total. The van der Waals surface area contributed by atoms with E-state index < -0.39 is 11.2 Å². The molecule has 0 fully saturated rings. The summed E-state index contributed by atoms with van der Waals surface area (Å²) in [5.74, 6) is 0.202. The van der Waals surface area contributed by atoms with E-state index in [0.717, 1.165) is 22.2 Å². The van der Waals surface area contributed by atoms with E-state index in [1.807, 2.05) is 12.1 Å². The Labute approximate surface area is 176 Å². The fourth-order valence-corrected chi connectivity index (χ4v) is 3.73. The van der Waals surface area contributed by atoms with E-state index in [9.17, 15) is 23.1 Å². The van der Waals surface area contributed by atoms with Crippen LogP contribution in [0.4, 0.5) is 13.2 Å². The summed E-state index contributed by atoms with van der Waals surface area (Å²) >= 11 is -0.232. The minimum Gasteiger partial charge on any atom is -0.493 e. The van der Waals surface area contributed by atoms with Gasteiger partial charge in [-0.2, -0.15) is 13.2 Å². The van der Waals surface area contributed by atoms with Gasteiger partial charge in [-0.3, -0.25) is 9.55 Å². The maximum Gasteiger partial charge on any atom is 0.446 e. The number of aromatic hydroxyl groups is 1. The number of alkyl halides is 3. The molecule has 1 aromatic carbocycles. The number of pyridine rings is 1. The van der Waals surface area contributed by atoms with E-state index >= 15 is 0 Å². The lowest BCUT2D eigenvalue weighted by atomic mass is 10.1. The van der Waals surface area contributed by atoms with Gasteiger partial charge < -0.3 is 5.11 Å². The summed E-state index contributed by atoms with van der Waals surface area (Å²) < 4.78 is 40.1. The molecule has 160 valence electrons. The topological polar surface area (TPSA) is 60.1 Å². The van der Waals surface area contributed by atoms with E-state index in [4.69, 9.17) is 0 Å². The number of benzene rings is 1. The Morgan fingerprint density at radius 2 is 1.83 bits per heavy atom. The molecule has 1 N–H and O–H groups in total. The van der Waals surface area contributed by atoms with E-state index in [1.54, 1.807) is 13.1 Å². The van der Waals surface area contributed by atoms with Crippen LogP contribution in [0.5, 0.6) is 5.88 Å². The average molecular weight is 437 g/mol. The van der Waals surface area contributed by atoms with Gasteiger partial charge in [0.15, 0.2) is 0 Å². The van der Waals surface area contributed by atoms with Crippen molar-refractivity contribution in [3.05, 3.63) is 70.0 Å². The lowest BCUT2D eigenvalue weighted by Gasteiger charge is -2.08. The average Bonchev–Trinajstić information content (AvgIpc) is 2.85. The van der Waals surface area contributed by atoms with E-state index in [0.29, 0.717) is 17.3 Å². The van der Waals surface area contributed by atoms with E-state index in [-0.39, 0.29) is 29.1 Å². The van der Waals surface area contributed by atoms with Crippen LogP contribution in [0.15, 0.2) is 52.3 Å². The molecule has 2 aromatic heterocycles. The van der Waals surface area contributed by atoms with Crippen LogP contribution in [0.3, 0.4) is 0 Å². The van der Waals surface area contributed by atoms with Crippen LogP contribution in [0, 0.1) is 12.8 Å². The van der Waals surface area contributed by atoms with Gasteiger partial charge in [0.25, 0.3) is 0 Å². The molecule has 0 saturated carbocycles. The van der Waals surface area contributed by atoms with Gasteiger partial charge in [-0.25, -0.2) is 9.36 Å². The van der Waals surface area contributed by atoms with E-state index in [1.165, 1.54) is 28.8 Å². The van der Waals surface area contributed by atoms with Gasteiger partial charge in [-0.05, 0) is 73.0 Å². The first kappa shape index (κ1) is 22.0. The van der Waals surface area contributed by atoms with Crippen molar-refractivity contribution in [1.82, 2.24) is 14.1 Å². The van der Waals surface area contributed by atoms with Crippen LogP contribution in [0.2, 0.25) is 0 Å². The van der Waals surface area contributed by atoms with Gasteiger partial charge in [-0.1, -0.05) is 13.8 Å². The third-order valence-electron chi connectivity index (χ3n) is 4.53. The number of nitrogens with zero attached hydrogens (tertiary/aromatic N) is 3. The molecule has 0 amide bonds. The number of aromatic nitrogens is 3. The monoisotopic (exact) mass is 437 g/mol. The summed E-state index contributed by atoms with van der Waals surface area (Å²) in [5, 5.41) is 10.5. The van der Waals surface area contributed by atoms with Gasteiger partial charge in [0.1, 0.15) is 0 Å². The molecule has 2 heterocycles. The van der Waals surface area contributed by atoms with Crippen molar-refractivity contribution in [3.8, 4) is 11.6 Å². The fourth-order valence-electron chi connectivity index (χ4n) is 3.19. The summed E-state index contributed by atoms with van der Waals surface area (Å²) in [7, 11) is 0. The molecule has 0 aliphatic rings. The molecule has 3 rings (SSSR count). The van der Waals surface area contributed by atoms with E-state index in [2.05, 4.69) is 18.8 Å². The molecule has 0 atom stereocenters. The Morgan fingerprint density at radius 3 is 2.43 bits per heavy atom. The summed E-state index contributed by atoms with van der Waals surface area (Å²) in [4.78, 5) is 17.3. The van der Waals surface area contributed by atoms with Crippen LogP contribution >= 0.6 is 11.8 Å². The second kappa shape index (κ2) is 8.59. The van der Waals surface area contributed by atoms with Crippen LogP contribution in [-0.2, 0) is 13.0 Å². The van der Waals surface area contributed by atoms with Crippen molar-refractivity contribution in [2.45, 2.75) is 44.1 Å². The smallest absolute Gasteiger partial charge is 0.446 e. The summed E-state index contributed by atoms with van der Waals surface area (Å²) in [5.41, 5.74) is -2.39. The highest BCUT2D eigenvalue weighted by Crippen LogP contribution is 2.37. The standard InChI is InChI=1S/C21H22F3N3O2S/c1-13(2)10-16-11-15(8-9-25-16)12-26-14(3)19(28)27(20(26)29)17-4-6-18(7-5-17)30-21(22,23)24/h4-9,11,13,28H,10,12H2,1-3H3. The first-order valence-electron chi connectivity index (χ1n) is 9.36. The highest BCUT2D eigenvalue weighted by molar-refractivity contribution is 8.00. The molecule has 0 unspecified atom stereocenters. The summed E-state index contributed by atoms with van der Waals surface area (Å²) in [6.07, 6.45) is 2.51. The lowest BCUT2D eigenvalue weighted by Crippen LogP contribution is -2.24. The van der Waals surface area contributed by atoms with Gasteiger partial charge in [-0.15, -0.1) is 0 Å². The molecule has 0 aliphatic carbocycles. The highest BCUT2D eigenvalue weighted by Gasteiger charge is 2.29. The largest absolute Gasteiger partial charge is 0.493 e. The van der Waals surface area contributed by atoms with Crippen molar-refractivity contribution < 1.29 is 18.3 Å². The summed E-state index contributed by atoms with van der Waals surface area (Å²) in [6.45, 7) is 6.07. The number of hydrogen-bond acceptors (Lipinski definition) is 4. The molecular weight excluding hydrogens is 415 g/mol. The maximum atomic E-state index is 13.0. The first-order chi connectivity index (χ1) is 14.0. The minimum atomic E-state index is -4.39. The van der Waals surface area contributed by atoms with Crippen molar-refractivity contribution in [1.29, 1.82) is 0 Å². The molecule has 9 heteroatoms. The Bertz CT molecular complexity index is 1090. The fraction of sp³-hybridized carbons (Fsp3) is 0.333. The number of halogens is 3. The van der Waals surface area contributed by atoms with Crippen molar-refractivity contribution in [2.75, 3.05) is 0 Å². The molecule has 0 spiro atoms. The molecule has 30 heavy (non-hydrogen) atoms. The first-order valence-corrected chi connectivity index (χ1v) is 10.2. The molecule has 0 saturated heterocycles. The highest BCUT2D eigenvalue weighted by atomic mass is 32.2. The summed E-state index contributed by atoms with van der Waals surface area (Å²) in [6, 6.07) is 9.05. The second-order valence-electron chi connectivity index (χ2n) is 7.41. The van der Waals surface area contributed by atoms with Gasteiger partial charge in [0.05, 0.1) is 17.9 Å². The Hall–Kier alpha value is -2.68. The lowest BCUT2D eigenvalue weighted by molar-refractivity contribution is -0.0328. The zero-order valence-corrected chi connectivity index (χ0v) is 17.6. The van der Waals surface area contributed by atoms with Crippen molar-refractivity contribution in [2.24, 2.45) is 5.92 Å². The minimum absolute atomic E-state index is 0.00408. The van der Waals surface area contributed by atoms with Gasteiger partial charge in [0.2, 0.25) is 5.88 Å². The third-order valence-corrected chi connectivity index (χ3v) is 5.27. The number of thioether (sulfide) groups is 1. The Kier molecular flexibility index (Phi) is 6.30. The zero-order chi connectivity index (χ0) is 22.1. The Balaban J connectivity index is 1.92. The molecular formula is C21H22F3N3O2S. The van der Waals surface area contributed by atoms with Crippen LogP contribution in [0.25, 0.3) is 5.69 Å². The SMILES string of the molecule is Cc1c(O)n(-c2ccc(SC(F)(F)F)cc2)c(=O)n1Cc1ccnc(CC(C)C)c1. The van der Waals surface area contributed by atoms with Crippen LogP contribution < -0.4 is 5.69 Å². The zero-order valence-electron chi connectivity index (χ0n) is 16.8. The maximum absolute atomic E-state index is 13.0. The third kappa shape index (κ3) is 5.08. The normalized spacial score (nSPS) is 12.0. The number of imidazole rings is 1. The molecule has 0 bridgehead atoms. The Morgan fingerprint density at radius 1 is 1.17 bits per heavy atom. The number of hydrogen-bond donors (Lipinski definition) is 1. The van der Waals surface area contributed by atoms with Crippen LogP contribution in [0.1, 0.15) is 30.8 Å². The quantitative estimate of drug-likeness (QED) is 0.557. The van der Waals surface area contributed by atoms with Crippen molar-refractivity contribution in [3.63, 3.8) is 0 Å². The van der Waals surface area contributed by atoms with Crippen molar-refractivity contribution >= 4 is 11.8 Å². The second-order valence-corrected chi connectivity index (χ2v) is 8.55.